The van der Waals surface area contributed by atoms with Crippen LogP contribution in [0, 0.1) is 17.8 Å². The highest BCUT2D eigenvalue weighted by atomic mass is 16.2. The summed E-state index contributed by atoms with van der Waals surface area (Å²) in [4.78, 5) is 35.5. The van der Waals surface area contributed by atoms with Crippen molar-refractivity contribution in [3.63, 3.8) is 0 Å². The lowest BCUT2D eigenvalue weighted by Gasteiger charge is -2.28. The minimum absolute atomic E-state index is 0.0208. The van der Waals surface area contributed by atoms with Gasteiger partial charge in [-0.1, -0.05) is 61.8 Å². The van der Waals surface area contributed by atoms with Gasteiger partial charge in [-0.3, -0.25) is 14.5 Å². The minimum atomic E-state index is -0.145. The third-order valence-corrected chi connectivity index (χ3v) is 4.77. The third kappa shape index (κ3) is 14.4. The first-order valence-electron chi connectivity index (χ1n) is 12.0. The average Bonchev–Trinajstić information content (AvgIpc) is 3.03. The van der Waals surface area contributed by atoms with Gasteiger partial charge in [0.2, 0.25) is 11.8 Å². The number of nitrogens with one attached hydrogen (secondary N) is 1. The number of carbonyl (C=O) groups excluding carboxylic acids is 3. The van der Waals surface area contributed by atoms with E-state index >= 15 is 0 Å². The third-order valence-electron chi connectivity index (χ3n) is 4.77. The molecule has 0 radical (unpaired) electrons. The zero-order valence-electron chi connectivity index (χ0n) is 20.8. The van der Waals surface area contributed by atoms with Crippen molar-refractivity contribution in [1.29, 1.82) is 0 Å². The molecule has 5 heteroatoms. The fourth-order valence-electron chi connectivity index (χ4n) is 3.16. The first kappa shape index (κ1) is 32.4. The summed E-state index contributed by atoms with van der Waals surface area (Å²) in [6, 6.07) is 0. The van der Waals surface area contributed by atoms with E-state index < -0.39 is 0 Å². The number of rotatable bonds is 6. The van der Waals surface area contributed by atoms with Crippen molar-refractivity contribution in [2.24, 2.45) is 17.8 Å². The Morgan fingerprint density at radius 2 is 1.52 bits per heavy atom. The van der Waals surface area contributed by atoms with Gasteiger partial charge >= 0.3 is 0 Å². The van der Waals surface area contributed by atoms with E-state index in [0.29, 0.717) is 18.9 Å². The van der Waals surface area contributed by atoms with Crippen molar-refractivity contribution in [1.82, 2.24) is 10.2 Å². The van der Waals surface area contributed by atoms with E-state index in [1.807, 2.05) is 55.5 Å². The maximum absolute atomic E-state index is 11.8. The van der Waals surface area contributed by atoms with Gasteiger partial charge in [-0.2, -0.15) is 0 Å². The molecule has 0 aromatic rings. The Morgan fingerprint density at radius 1 is 1.00 bits per heavy atom. The van der Waals surface area contributed by atoms with E-state index in [-0.39, 0.29) is 23.7 Å². The van der Waals surface area contributed by atoms with Crippen LogP contribution in [0.2, 0.25) is 0 Å². The molecule has 2 rings (SSSR count). The van der Waals surface area contributed by atoms with Crippen molar-refractivity contribution in [2.45, 2.75) is 100 Å². The van der Waals surface area contributed by atoms with Crippen molar-refractivity contribution in [2.75, 3.05) is 20.1 Å². The molecule has 2 fully saturated rings. The number of carbonyl (C=O) groups is 3. The van der Waals surface area contributed by atoms with Gasteiger partial charge < -0.3 is 10.1 Å². The second-order valence-corrected chi connectivity index (χ2v) is 6.82. The van der Waals surface area contributed by atoms with Gasteiger partial charge in [-0.05, 0) is 51.6 Å². The van der Waals surface area contributed by atoms with Gasteiger partial charge in [-0.15, -0.1) is 0 Å². The lowest BCUT2D eigenvalue weighted by Crippen LogP contribution is -2.36. The number of hydrogen-bond acceptors (Lipinski definition) is 4. The Labute approximate surface area is 181 Å². The molecule has 0 bridgehead atoms. The molecule has 1 saturated heterocycles. The highest BCUT2D eigenvalue weighted by Crippen LogP contribution is 2.30. The van der Waals surface area contributed by atoms with Crippen LogP contribution in [0.15, 0.2) is 0 Å². The monoisotopic (exact) mass is 414 g/mol. The molecule has 1 saturated carbocycles. The molecule has 1 atom stereocenters. The molecule has 174 valence electrons. The Bertz CT molecular complexity index is 388. The van der Waals surface area contributed by atoms with Crippen LogP contribution in [0.5, 0.6) is 0 Å². The zero-order chi connectivity index (χ0) is 23.2. The fraction of sp³-hybridized carbons (Fsp3) is 0.875. The lowest BCUT2D eigenvalue weighted by atomic mass is 9.82. The van der Waals surface area contributed by atoms with Gasteiger partial charge in [0, 0.05) is 24.8 Å². The Hall–Kier alpha value is -1.23. The van der Waals surface area contributed by atoms with Crippen LogP contribution < -0.4 is 5.32 Å². The minimum Gasteiger partial charge on any atom is -0.320 e. The zero-order valence-corrected chi connectivity index (χ0v) is 20.8. The Kier molecular flexibility index (Phi) is 25.8. The second-order valence-electron chi connectivity index (χ2n) is 6.82. The van der Waals surface area contributed by atoms with E-state index in [9.17, 15) is 14.4 Å². The predicted molar refractivity (Wildman–Crippen MR) is 125 cm³/mol. The van der Waals surface area contributed by atoms with E-state index in [4.69, 9.17) is 0 Å². The van der Waals surface area contributed by atoms with Crippen molar-refractivity contribution >= 4 is 18.1 Å². The Morgan fingerprint density at radius 3 is 1.83 bits per heavy atom. The summed E-state index contributed by atoms with van der Waals surface area (Å²) in [5, 5.41) is 3.07. The lowest BCUT2D eigenvalue weighted by molar-refractivity contribution is -0.140. The van der Waals surface area contributed by atoms with Gasteiger partial charge in [0.25, 0.3) is 0 Å². The van der Waals surface area contributed by atoms with Crippen molar-refractivity contribution in [3.8, 4) is 0 Å². The molecule has 2 amide bonds. The van der Waals surface area contributed by atoms with E-state index in [2.05, 4.69) is 12.2 Å². The van der Waals surface area contributed by atoms with Crippen LogP contribution in [-0.2, 0) is 14.4 Å². The SMILES string of the molecule is CC.CC.CC.CC1CC(=O)N(CC2CCC(C=O)CC2)C1=O.CCCCNC. The molecule has 29 heavy (non-hydrogen) atoms. The number of hydrogen-bond donors (Lipinski definition) is 1. The first-order chi connectivity index (χ1) is 14.0. The summed E-state index contributed by atoms with van der Waals surface area (Å²) >= 11 is 0. The summed E-state index contributed by atoms with van der Waals surface area (Å²) in [6.07, 6.45) is 7.70. The number of amides is 2. The molecule has 1 aliphatic carbocycles. The molecule has 0 aromatic carbocycles. The molecule has 1 aliphatic heterocycles. The van der Waals surface area contributed by atoms with E-state index in [1.165, 1.54) is 17.7 Å². The van der Waals surface area contributed by atoms with Crippen LogP contribution >= 0.6 is 0 Å². The Balaban J connectivity index is -0.000000475. The van der Waals surface area contributed by atoms with Crippen LogP contribution in [0.3, 0.4) is 0 Å². The quantitative estimate of drug-likeness (QED) is 0.355. The maximum Gasteiger partial charge on any atom is 0.232 e. The topological polar surface area (TPSA) is 66.5 Å². The summed E-state index contributed by atoms with van der Waals surface area (Å²) in [5.41, 5.74) is 0. The second kappa shape index (κ2) is 23.1. The first-order valence-corrected chi connectivity index (χ1v) is 12.0. The summed E-state index contributed by atoms with van der Waals surface area (Å²) in [6.45, 7) is 17.7. The normalized spacial score (nSPS) is 22.5. The van der Waals surface area contributed by atoms with Gasteiger partial charge in [0.15, 0.2) is 0 Å². The van der Waals surface area contributed by atoms with Crippen molar-refractivity contribution < 1.29 is 14.4 Å². The van der Waals surface area contributed by atoms with Gasteiger partial charge in [-0.25, -0.2) is 0 Å². The van der Waals surface area contributed by atoms with E-state index in [0.717, 1.165) is 38.5 Å². The molecular formula is C24H50N2O3. The maximum atomic E-state index is 11.8. The molecule has 1 unspecified atom stereocenters. The highest BCUT2D eigenvalue weighted by Gasteiger charge is 2.37. The molecule has 1 heterocycles. The number of nitrogens with zero attached hydrogens (tertiary/aromatic N) is 1. The van der Waals surface area contributed by atoms with Gasteiger partial charge in [0.05, 0.1) is 0 Å². The molecule has 2 aliphatic rings. The molecule has 1 N–H and O–H groups in total. The molecule has 5 nitrogen and oxygen atoms in total. The van der Waals surface area contributed by atoms with Gasteiger partial charge in [0.1, 0.15) is 6.29 Å². The highest BCUT2D eigenvalue weighted by molar-refractivity contribution is 6.03. The van der Waals surface area contributed by atoms with Crippen LogP contribution in [-0.4, -0.2) is 43.1 Å². The number of likely N-dealkylation sites (tertiary alicyclic amines) is 1. The average molecular weight is 415 g/mol. The summed E-state index contributed by atoms with van der Waals surface area (Å²) in [7, 11) is 1.98. The smallest absolute Gasteiger partial charge is 0.232 e. The number of unbranched alkanes of at least 4 members (excludes halogenated alkanes) is 1. The number of imide groups is 1. The van der Waals surface area contributed by atoms with Crippen LogP contribution in [0.1, 0.15) is 100 Å². The van der Waals surface area contributed by atoms with E-state index in [1.54, 1.807) is 0 Å². The van der Waals surface area contributed by atoms with Crippen LogP contribution in [0.25, 0.3) is 0 Å². The summed E-state index contributed by atoms with van der Waals surface area (Å²) < 4.78 is 0. The fourth-order valence-corrected chi connectivity index (χ4v) is 3.16. The van der Waals surface area contributed by atoms with Crippen LogP contribution in [0.4, 0.5) is 0 Å². The summed E-state index contributed by atoms with van der Waals surface area (Å²) in [5.74, 6) is 0.390. The largest absolute Gasteiger partial charge is 0.320 e. The standard InChI is InChI=1S/C13H19NO3.C5H13N.3C2H6/c1-9-6-12(16)14(13(9)17)7-10-2-4-11(8-15)5-3-10;1-3-4-5-6-2;3*1-2/h8-11H,2-7H2,1H3;6H,3-5H2,1-2H3;3*1-2H3. The molecular weight excluding hydrogens is 364 g/mol. The number of aldehydes is 1. The molecule has 0 spiro atoms. The van der Waals surface area contributed by atoms with Crippen molar-refractivity contribution in [3.05, 3.63) is 0 Å². The molecule has 0 aromatic heterocycles. The predicted octanol–water partition coefficient (Wildman–Crippen LogP) is 5.47.